The Labute approximate surface area is 103 Å². The third-order valence-electron chi connectivity index (χ3n) is 3.37. The van der Waals surface area contributed by atoms with Gasteiger partial charge in [0.2, 0.25) is 5.95 Å². The topological polar surface area (TPSA) is 58.3 Å². The first kappa shape index (κ1) is 12.3. The van der Waals surface area contributed by atoms with E-state index in [1.165, 1.54) is 0 Å². The average molecular weight is 235 g/mol. The Morgan fingerprint density at radius 2 is 2.06 bits per heavy atom. The fourth-order valence-corrected chi connectivity index (χ4v) is 2.04. The van der Waals surface area contributed by atoms with Crippen LogP contribution in [0.5, 0.6) is 0 Å². The lowest BCUT2D eigenvalue weighted by molar-refractivity contribution is 0.233. The van der Waals surface area contributed by atoms with Crippen LogP contribution in [0.4, 0.5) is 5.95 Å². The highest BCUT2D eigenvalue weighted by Crippen LogP contribution is 2.13. The van der Waals surface area contributed by atoms with Gasteiger partial charge in [-0.15, -0.1) is 0 Å². The Bertz CT molecular complexity index is 350. The molecule has 5 nitrogen and oxygen atoms in total. The summed E-state index contributed by atoms with van der Waals surface area (Å²) >= 11 is 0. The standard InChI is InChI=1S/C12H21N5/c1-10-9-17(6-5-16(10)2)12-14-7-11(3-4-13)8-15-12/h7-8,10H,3-6,9,13H2,1-2H3. The summed E-state index contributed by atoms with van der Waals surface area (Å²) < 4.78 is 0. The van der Waals surface area contributed by atoms with Crippen LogP contribution in [0.15, 0.2) is 12.4 Å². The van der Waals surface area contributed by atoms with E-state index in [2.05, 4.69) is 33.7 Å². The Morgan fingerprint density at radius 3 is 2.65 bits per heavy atom. The molecule has 1 fully saturated rings. The van der Waals surface area contributed by atoms with E-state index in [1.54, 1.807) is 0 Å². The molecule has 17 heavy (non-hydrogen) atoms. The molecule has 0 aromatic carbocycles. The summed E-state index contributed by atoms with van der Waals surface area (Å²) in [6.45, 7) is 5.93. The number of hydrogen-bond donors (Lipinski definition) is 1. The first-order chi connectivity index (χ1) is 8.20. The first-order valence-electron chi connectivity index (χ1n) is 6.17. The van der Waals surface area contributed by atoms with Crippen molar-refractivity contribution in [3.8, 4) is 0 Å². The average Bonchev–Trinajstić information content (AvgIpc) is 2.34. The molecule has 0 bridgehead atoms. The lowest BCUT2D eigenvalue weighted by atomic mass is 10.2. The molecule has 1 saturated heterocycles. The van der Waals surface area contributed by atoms with Crippen LogP contribution in [0.3, 0.4) is 0 Å². The zero-order valence-electron chi connectivity index (χ0n) is 10.6. The van der Waals surface area contributed by atoms with Crippen molar-refractivity contribution in [3.63, 3.8) is 0 Å². The largest absolute Gasteiger partial charge is 0.338 e. The van der Waals surface area contributed by atoms with Gasteiger partial charge in [0.25, 0.3) is 0 Å². The fraction of sp³-hybridized carbons (Fsp3) is 0.667. The van der Waals surface area contributed by atoms with E-state index in [0.717, 1.165) is 37.6 Å². The van der Waals surface area contributed by atoms with Crippen molar-refractivity contribution in [1.29, 1.82) is 0 Å². The fourth-order valence-electron chi connectivity index (χ4n) is 2.04. The zero-order valence-corrected chi connectivity index (χ0v) is 10.6. The monoisotopic (exact) mass is 235 g/mol. The second-order valence-corrected chi connectivity index (χ2v) is 4.71. The van der Waals surface area contributed by atoms with E-state index < -0.39 is 0 Å². The summed E-state index contributed by atoms with van der Waals surface area (Å²) in [5, 5.41) is 0. The number of rotatable bonds is 3. The van der Waals surface area contributed by atoms with Crippen LogP contribution in [0.2, 0.25) is 0 Å². The number of aromatic nitrogens is 2. The molecule has 1 aliphatic rings. The number of hydrogen-bond acceptors (Lipinski definition) is 5. The number of nitrogens with two attached hydrogens (primary N) is 1. The minimum Gasteiger partial charge on any atom is -0.338 e. The Kier molecular flexibility index (Phi) is 3.91. The van der Waals surface area contributed by atoms with Crippen LogP contribution in [0.1, 0.15) is 12.5 Å². The van der Waals surface area contributed by atoms with Gasteiger partial charge in [-0.25, -0.2) is 9.97 Å². The zero-order chi connectivity index (χ0) is 12.3. The van der Waals surface area contributed by atoms with E-state index in [9.17, 15) is 0 Å². The maximum Gasteiger partial charge on any atom is 0.225 e. The summed E-state index contributed by atoms with van der Waals surface area (Å²) in [5.41, 5.74) is 6.61. The molecule has 0 spiro atoms. The third kappa shape index (κ3) is 2.92. The SMILES string of the molecule is CC1CN(c2ncc(CCN)cn2)CCN1C. The van der Waals surface area contributed by atoms with E-state index >= 15 is 0 Å². The Hall–Kier alpha value is -1.20. The number of nitrogens with zero attached hydrogens (tertiary/aromatic N) is 4. The summed E-state index contributed by atoms with van der Waals surface area (Å²) in [6, 6.07) is 0.552. The highest BCUT2D eigenvalue weighted by atomic mass is 15.3. The van der Waals surface area contributed by atoms with E-state index in [4.69, 9.17) is 5.73 Å². The smallest absolute Gasteiger partial charge is 0.225 e. The number of likely N-dealkylation sites (N-methyl/N-ethyl adjacent to an activating group) is 1. The molecular weight excluding hydrogens is 214 g/mol. The van der Waals surface area contributed by atoms with E-state index in [1.807, 2.05) is 12.4 Å². The molecular formula is C12H21N5. The second-order valence-electron chi connectivity index (χ2n) is 4.71. The first-order valence-corrected chi connectivity index (χ1v) is 6.17. The molecule has 2 heterocycles. The van der Waals surface area contributed by atoms with Crippen LogP contribution >= 0.6 is 0 Å². The molecule has 1 aliphatic heterocycles. The number of anilines is 1. The lowest BCUT2D eigenvalue weighted by Crippen LogP contribution is -2.50. The molecule has 2 N–H and O–H groups in total. The quantitative estimate of drug-likeness (QED) is 0.806. The molecule has 94 valence electrons. The molecule has 0 amide bonds. The van der Waals surface area contributed by atoms with Crippen LogP contribution in [-0.4, -0.2) is 54.1 Å². The molecule has 1 aromatic heterocycles. The molecule has 0 aliphatic carbocycles. The van der Waals surface area contributed by atoms with Crippen molar-refractivity contribution < 1.29 is 0 Å². The minimum absolute atomic E-state index is 0.552. The van der Waals surface area contributed by atoms with Gasteiger partial charge < -0.3 is 15.5 Å². The maximum absolute atomic E-state index is 5.50. The molecule has 1 atom stereocenters. The van der Waals surface area contributed by atoms with Crippen molar-refractivity contribution in [1.82, 2.24) is 14.9 Å². The lowest BCUT2D eigenvalue weighted by Gasteiger charge is -2.37. The molecule has 2 rings (SSSR count). The van der Waals surface area contributed by atoms with Gasteiger partial charge in [-0.2, -0.15) is 0 Å². The van der Waals surface area contributed by atoms with Gasteiger partial charge in [-0.1, -0.05) is 0 Å². The van der Waals surface area contributed by atoms with Gasteiger partial charge >= 0.3 is 0 Å². The van der Waals surface area contributed by atoms with Gasteiger partial charge in [0.05, 0.1) is 0 Å². The third-order valence-corrected chi connectivity index (χ3v) is 3.37. The summed E-state index contributed by atoms with van der Waals surface area (Å²) in [4.78, 5) is 13.4. The summed E-state index contributed by atoms with van der Waals surface area (Å²) in [7, 11) is 2.16. The predicted molar refractivity (Wildman–Crippen MR) is 69.1 cm³/mol. The molecule has 0 radical (unpaired) electrons. The Morgan fingerprint density at radius 1 is 1.35 bits per heavy atom. The predicted octanol–water partition coefficient (Wildman–Crippen LogP) is 0.118. The van der Waals surface area contributed by atoms with Crippen LogP contribution in [0.25, 0.3) is 0 Å². The summed E-state index contributed by atoms with van der Waals surface area (Å²) in [5.74, 6) is 0.839. The van der Waals surface area contributed by atoms with Crippen LogP contribution in [0, 0.1) is 0 Å². The normalized spacial score (nSPS) is 21.8. The molecule has 1 unspecified atom stereocenters. The van der Waals surface area contributed by atoms with Crippen molar-refractivity contribution in [2.24, 2.45) is 5.73 Å². The second kappa shape index (κ2) is 5.42. The molecule has 0 saturated carbocycles. The Balaban J connectivity index is 2.02. The minimum atomic E-state index is 0.552. The van der Waals surface area contributed by atoms with Crippen molar-refractivity contribution >= 4 is 5.95 Å². The van der Waals surface area contributed by atoms with Gasteiger partial charge in [0.1, 0.15) is 0 Å². The molecule has 1 aromatic rings. The molecule has 5 heteroatoms. The van der Waals surface area contributed by atoms with Crippen LogP contribution < -0.4 is 10.6 Å². The maximum atomic E-state index is 5.50. The van der Waals surface area contributed by atoms with E-state index in [-0.39, 0.29) is 0 Å². The van der Waals surface area contributed by atoms with Crippen molar-refractivity contribution in [2.75, 3.05) is 38.1 Å². The van der Waals surface area contributed by atoms with Crippen LogP contribution in [-0.2, 0) is 6.42 Å². The van der Waals surface area contributed by atoms with Crippen molar-refractivity contribution in [3.05, 3.63) is 18.0 Å². The number of piperazine rings is 1. The highest BCUT2D eigenvalue weighted by Gasteiger charge is 2.22. The van der Waals surface area contributed by atoms with Gasteiger partial charge in [0, 0.05) is 38.1 Å². The van der Waals surface area contributed by atoms with Crippen molar-refractivity contribution in [2.45, 2.75) is 19.4 Å². The van der Waals surface area contributed by atoms with Gasteiger partial charge in [-0.05, 0) is 32.5 Å². The highest BCUT2D eigenvalue weighted by molar-refractivity contribution is 5.31. The van der Waals surface area contributed by atoms with Gasteiger partial charge in [0.15, 0.2) is 0 Å². The summed E-state index contributed by atoms with van der Waals surface area (Å²) in [6.07, 6.45) is 4.62. The van der Waals surface area contributed by atoms with Gasteiger partial charge in [-0.3, -0.25) is 0 Å². The van der Waals surface area contributed by atoms with E-state index in [0.29, 0.717) is 12.6 Å².